The molecule has 2 aliphatic rings. The summed E-state index contributed by atoms with van der Waals surface area (Å²) in [6.07, 6.45) is 4.01. The molecule has 2 aromatic heterocycles. The number of aryl methyl sites for hydroxylation is 1. The minimum absolute atomic E-state index is 0.0403. The molecule has 2 saturated heterocycles. The van der Waals surface area contributed by atoms with Gasteiger partial charge in [0.15, 0.2) is 5.76 Å². The molecular formula is C20H27N5O2. The minimum atomic E-state index is -0.0403. The molecule has 1 unspecified atom stereocenters. The van der Waals surface area contributed by atoms with Gasteiger partial charge in [-0.15, -0.1) is 0 Å². The maximum Gasteiger partial charge on any atom is 0.289 e. The van der Waals surface area contributed by atoms with Crippen molar-refractivity contribution >= 4 is 17.7 Å². The molecule has 0 radical (unpaired) electrons. The Balaban J connectivity index is 1.44. The Bertz CT molecular complexity index is 784. The van der Waals surface area contributed by atoms with Gasteiger partial charge in [-0.25, -0.2) is 4.98 Å². The van der Waals surface area contributed by atoms with Crippen molar-refractivity contribution in [2.45, 2.75) is 26.7 Å². The van der Waals surface area contributed by atoms with Crippen molar-refractivity contribution in [2.24, 2.45) is 5.92 Å². The van der Waals surface area contributed by atoms with E-state index in [1.165, 1.54) is 19.1 Å². The van der Waals surface area contributed by atoms with Crippen LogP contribution in [0.4, 0.5) is 11.8 Å². The quantitative estimate of drug-likeness (QED) is 0.828. The molecule has 2 fully saturated rings. The Labute approximate surface area is 160 Å². The average Bonchev–Trinajstić information content (AvgIpc) is 3.22. The van der Waals surface area contributed by atoms with E-state index in [1.807, 2.05) is 17.9 Å². The SMILES string of the molecule is Cc1cc(N2CCN(C(=O)c3ccco3)CC2)nc(N2CCCC(C)C2)n1. The minimum Gasteiger partial charge on any atom is -0.459 e. The Hall–Kier alpha value is -2.57. The van der Waals surface area contributed by atoms with E-state index in [0.717, 1.165) is 43.6 Å². The highest BCUT2D eigenvalue weighted by molar-refractivity contribution is 5.91. The molecule has 0 saturated carbocycles. The van der Waals surface area contributed by atoms with Gasteiger partial charge in [0.05, 0.1) is 6.26 Å². The van der Waals surface area contributed by atoms with E-state index in [4.69, 9.17) is 9.40 Å². The zero-order chi connectivity index (χ0) is 18.8. The molecule has 0 aromatic carbocycles. The summed E-state index contributed by atoms with van der Waals surface area (Å²) in [5, 5.41) is 0. The molecule has 1 atom stereocenters. The Morgan fingerprint density at radius 3 is 2.67 bits per heavy atom. The van der Waals surface area contributed by atoms with E-state index in [0.29, 0.717) is 24.8 Å². The maximum absolute atomic E-state index is 12.4. The van der Waals surface area contributed by atoms with Crippen LogP contribution >= 0.6 is 0 Å². The summed E-state index contributed by atoms with van der Waals surface area (Å²) in [5.41, 5.74) is 0.988. The Morgan fingerprint density at radius 1 is 1.15 bits per heavy atom. The third-order valence-corrected chi connectivity index (χ3v) is 5.39. The van der Waals surface area contributed by atoms with E-state index in [9.17, 15) is 4.79 Å². The van der Waals surface area contributed by atoms with Crippen LogP contribution in [0.5, 0.6) is 0 Å². The summed E-state index contributed by atoms with van der Waals surface area (Å²) in [6, 6.07) is 5.51. The molecule has 0 aliphatic carbocycles. The molecule has 27 heavy (non-hydrogen) atoms. The van der Waals surface area contributed by atoms with Crippen LogP contribution in [0.25, 0.3) is 0 Å². The number of nitrogens with zero attached hydrogens (tertiary/aromatic N) is 5. The number of piperazine rings is 1. The van der Waals surface area contributed by atoms with Gasteiger partial charge in [-0.1, -0.05) is 6.92 Å². The molecule has 0 N–H and O–H groups in total. The zero-order valence-electron chi connectivity index (χ0n) is 16.1. The van der Waals surface area contributed by atoms with E-state index in [-0.39, 0.29) is 5.91 Å². The fourth-order valence-corrected chi connectivity index (χ4v) is 3.91. The smallest absolute Gasteiger partial charge is 0.289 e. The number of carbonyl (C=O) groups is 1. The van der Waals surface area contributed by atoms with Crippen LogP contribution in [0.1, 0.15) is 36.0 Å². The van der Waals surface area contributed by atoms with Gasteiger partial charge in [-0.3, -0.25) is 4.79 Å². The second-order valence-electron chi connectivity index (χ2n) is 7.62. The number of aromatic nitrogens is 2. The number of rotatable bonds is 3. The van der Waals surface area contributed by atoms with Gasteiger partial charge in [0.1, 0.15) is 5.82 Å². The fourth-order valence-electron chi connectivity index (χ4n) is 3.91. The molecule has 0 bridgehead atoms. The lowest BCUT2D eigenvalue weighted by atomic mass is 10.0. The van der Waals surface area contributed by atoms with Gasteiger partial charge in [0, 0.05) is 51.0 Å². The summed E-state index contributed by atoms with van der Waals surface area (Å²) in [5.74, 6) is 2.85. The highest BCUT2D eigenvalue weighted by atomic mass is 16.3. The van der Waals surface area contributed by atoms with Crippen LogP contribution < -0.4 is 9.80 Å². The molecule has 7 heteroatoms. The molecular weight excluding hydrogens is 342 g/mol. The third-order valence-electron chi connectivity index (χ3n) is 5.39. The first-order valence-electron chi connectivity index (χ1n) is 9.78. The largest absolute Gasteiger partial charge is 0.459 e. The fraction of sp³-hybridized carbons (Fsp3) is 0.550. The number of furan rings is 1. The van der Waals surface area contributed by atoms with Crippen LogP contribution in [0, 0.1) is 12.8 Å². The lowest BCUT2D eigenvalue weighted by Gasteiger charge is -2.36. The highest BCUT2D eigenvalue weighted by Gasteiger charge is 2.25. The van der Waals surface area contributed by atoms with Crippen molar-refractivity contribution in [3.05, 3.63) is 35.9 Å². The molecule has 7 nitrogen and oxygen atoms in total. The van der Waals surface area contributed by atoms with E-state index < -0.39 is 0 Å². The van der Waals surface area contributed by atoms with Gasteiger partial charge in [0.2, 0.25) is 5.95 Å². The molecule has 4 rings (SSSR count). The van der Waals surface area contributed by atoms with Gasteiger partial charge in [0.25, 0.3) is 5.91 Å². The van der Waals surface area contributed by atoms with Crippen LogP contribution in [0.3, 0.4) is 0 Å². The first-order chi connectivity index (χ1) is 13.1. The normalized spacial score (nSPS) is 20.8. The number of piperidine rings is 1. The topological polar surface area (TPSA) is 65.7 Å². The number of amides is 1. The molecule has 2 aromatic rings. The van der Waals surface area contributed by atoms with Crippen LogP contribution in [0.2, 0.25) is 0 Å². The predicted molar refractivity (Wildman–Crippen MR) is 104 cm³/mol. The van der Waals surface area contributed by atoms with Crippen molar-refractivity contribution in [3.63, 3.8) is 0 Å². The summed E-state index contributed by atoms with van der Waals surface area (Å²) in [7, 11) is 0. The van der Waals surface area contributed by atoms with Gasteiger partial charge < -0.3 is 19.1 Å². The van der Waals surface area contributed by atoms with Crippen molar-refractivity contribution < 1.29 is 9.21 Å². The second kappa shape index (κ2) is 7.58. The Kier molecular flexibility index (Phi) is 5.01. The maximum atomic E-state index is 12.4. The first-order valence-corrected chi connectivity index (χ1v) is 9.78. The lowest BCUT2D eigenvalue weighted by Crippen LogP contribution is -2.49. The summed E-state index contributed by atoms with van der Waals surface area (Å²) >= 11 is 0. The summed E-state index contributed by atoms with van der Waals surface area (Å²) in [4.78, 5) is 28.4. The highest BCUT2D eigenvalue weighted by Crippen LogP contribution is 2.23. The Morgan fingerprint density at radius 2 is 1.96 bits per heavy atom. The predicted octanol–water partition coefficient (Wildman–Crippen LogP) is 2.58. The monoisotopic (exact) mass is 369 g/mol. The number of anilines is 2. The number of carbonyl (C=O) groups excluding carboxylic acids is 1. The van der Waals surface area contributed by atoms with Crippen molar-refractivity contribution in [1.29, 1.82) is 0 Å². The van der Waals surface area contributed by atoms with Crippen LogP contribution in [-0.2, 0) is 0 Å². The van der Waals surface area contributed by atoms with Gasteiger partial charge >= 0.3 is 0 Å². The number of hydrogen-bond acceptors (Lipinski definition) is 6. The van der Waals surface area contributed by atoms with Crippen LogP contribution in [-0.4, -0.2) is 60.0 Å². The molecule has 1 amide bonds. The standard InChI is InChI=1S/C20H27N5O2/c1-15-5-3-7-25(14-15)20-21-16(2)13-18(22-20)23-8-10-24(11-9-23)19(26)17-6-4-12-27-17/h4,6,12-13,15H,3,5,7-11,14H2,1-2H3. The lowest BCUT2D eigenvalue weighted by molar-refractivity contribution is 0.0714. The summed E-state index contributed by atoms with van der Waals surface area (Å²) in [6.45, 7) is 9.22. The summed E-state index contributed by atoms with van der Waals surface area (Å²) < 4.78 is 5.24. The molecule has 144 valence electrons. The zero-order valence-corrected chi connectivity index (χ0v) is 16.1. The first kappa shape index (κ1) is 17.8. The number of hydrogen-bond donors (Lipinski definition) is 0. The van der Waals surface area contributed by atoms with E-state index in [1.54, 1.807) is 12.1 Å². The van der Waals surface area contributed by atoms with Crippen molar-refractivity contribution in [2.75, 3.05) is 49.1 Å². The average molecular weight is 369 g/mol. The van der Waals surface area contributed by atoms with E-state index >= 15 is 0 Å². The van der Waals surface area contributed by atoms with E-state index in [2.05, 4.69) is 21.7 Å². The molecule has 2 aliphatic heterocycles. The second-order valence-corrected chi connectivity index (χ2v) is 7.62. The molecule has 4 heterocycles. The van der Waals surface area contributed by atoms with Gasteiger partial charge in [-0.2, -0.15) is 4.98 Å². The van der Waals surface area contributed by atoms with Gasteiger partial charge in [-0.05, 0) is 37.8 Å². The van der Waals surface area contributed by atoms with Crippen molar-refractivity contribution in [3.8, 4) is 0 Å². The third kappa shape index (κ3) is 3.91. The van der Waals surface area contributed by atoms with Crippen molar-refractivity contribution in [1.82, 2.24) is 14.9 Å². The van der Waals surface area contributed by atoms with Crippen LogP contribution in [0.15, 0.2) is 28.9 Å². The molecule has 0 spiro atoms.